The van der Waals surface area contributed by atoms with Crippen LogP contribution in [0.15, 0.2) is 65.1 Å². The van der Waals surface area contributed by atoms with Crippen LogP contribution in [0.25, 0.3) is 10.9 Å². The molecule has 3 heterocycles. The monoisotopic (exact) mass is 392 g/mol. The number of fused-ring (bicyclic) bond motifs is 3. The number of aliphatic hydroxyl groups is 1. The van der Waals surface area contributed by atoms with Crippen molar-refractivity contribution in [2.24, 2.45) is 0 Å². The van der Waals surface area contributed by atoms with Crippen molar-refractivity contribution in [2.45, 2.75) is 25.6 Å². The Balaban J connectivity index is 1.60. The van der Waals surface area contributed by atoms with Gasteiger partial charge in [-0.05, 0) is 47.9 Å². The molecule has 0 bridgehead atoms. The van der Waals surface area contributed by atoms with Crippen LogP contribution < -0.4 is 0 Å². The van der Waals surface area contributed by atoms with Gasteiger partial charge in [0.05, 0.1) is 12.6 Å². The fourth-order valence-electron chi connectivity index (χ4n) is 4.31. The molecule has 1 atom stereocenters. The Morgan fingerprint density at radius 3 is 2.75 bits per heavy atom. The molecular weight excluding hydrogens is 372 g/mol. The Labute approximate surface area is 168 Å². The molecule has 5 rings (SSSR count). The van der Waals surface area contributed by atoms with Gasteiger partial charge in [-0.15, -0.1) is 0 Å². The van der Waals surface area contributed by atoms with Gasteiger partial charge in [-0.25, -0.2) is 0 Å². The normalized spacial score (nSPS) is 17.1. The van der Waals surface area contributed by atoms with Crippen LogP contribution in [-0.2, 0) is 19.6 Å². The van der Waals surface area contributed by atoms with Gasteiger partial charge in [-0.2, -0.15) is 0 Å². The van der Waals surface area contributed by atoms with E-state index in [9.17, 15) is 5.11 Å². The SMILES string of the molecule is OCc1ccc(CN2CCc3c([nH]c4ccccc34)C2c2cccc(Cl)c2)o1. The summed E-state index contributed by atoms with van der Waals surface area (Å²) in [5, 5.41) is 11.3. The third-order valence-corrected chi connectivity index (χ3v) is 5.77. The number of benzene rings is 2. The Kier molecular flexibility index (Phi) is 4.47. The van der Waals surface area contributed by atoms with Crippen LogP contribution in [-0.4, -0.2) is 21.5 Å². The van der Waals surface area contributed by atoms with Crippen molar-refractivity contribution in [2.75, 3.05) is 6.54 Å². The molecule has 0 spiro atoms. The number of nitrogens with one attached hydrogen (secondary N) is 1. The third kappa shape index (κ3) is 3.04. The molecule has 28 heavy (non-hydrogen) atoms. The van der Waals surface area contributed by atoms with Crippen molar-refractivity contribution in [3.05, 3.63) is 94.0 Å². The highest BCUT2D eigenvalue weighted by Crippen LogP contribution is 2.39. The fraction of sp³-hybridized carbons (Fsp3) is 0.217. The second kappa shape index (κ2) is 7.13. The molecule has 142 valence electrons. The van der Waals surface area contributed by atoms with Crippen molar-refractivity contribution in [1.29, 1.82) is 0 Å². The number of furan rings is 1. The molecule has 4 nitrogen and oxygen atoms in total. The number of aromatic nitrogens is 1. The van der Waals surface area contributed by atoms with E-state index in [1.807, 2.05) is 30.3 Å². The molecule has 2 N–H and O–H groups in total. The second-order valence-electron chi connectivity index (χ2n) is 7.27. The maximum absolute atomic E-state index is 9.30. The van der Waals surface area contributed by atoms with Crippen molar-refractivity contribution in [3.63, 3.8) is 0 Å². The predicted molar refractivity (Wildman–Crippen MR) is 110 cm³/mol. The fourth-order valence-corrected chi connectivity index (χ4v) is 4.51. The summed E-state index contributed by atoms with van der Waals surface area (Å²) in [6, 6.07) is 20.4. The highest BCUT2D eigenvalue weighted by molar-refractivity contribution is 6.30. The zero-order valence-electron chi connectivity index (χ0n) is 15.4. The minimum atomic E-state index is -0.0795. The number of aliphatic hydroxyl groups excluding tert-OH is 1. The molecule has 1 unspecified atom stereocenters. The first kappa shape index (κ1) is 17.6. The van der Waals surface area contributed by atoms with E-state index in [1.54, 1.807) is 0 Å². The minimum absolute atomic E-state index is 0.0672. The molecule has 4 aromatic rings. The summed E-state index contributed by atoms with van der Waals surface area (Å²) < 4.78 is 5.76. The Morgan fingerprint density at radius 2 is 1.93 bits per heavy atom. The Morgan fingerprint density at radius 1 is 1.07 bits per heavy atom. The van der Waals surface area contributed by atoms with Crippen LogP contribution in [0.5, 0.6) is 0 Å². The van der Waals surface area contributed by atoms with E-state index in [-0.39, 0.29) is 12.6 Å². The topological polar surface area (TPSA) is 52.4 Å². The summed E-state index contributed by atoms with van der Waals surface area (Å²) in [4.78, 5) is 6.07. The van der Waals surface area contributed by atoms with Gasteiger partial charge < -0.3 is 14.5 Å². The van der Waals surface area contributed by atoms with E-state index in [0.717, 1.165) is 29.3 Å². The summed E-state index contributed by atoms with van der Waals surface area (Å²) in [6.07, 6.45) is 0.976. The molecule has 0 saturated carbocycles. The number of rotatable bonds is 4. The number of para-hydroxylation sites is 1. The van der Waals surface area contributed by atoms with Gasteiger partial charge in [0.1, 0.15) is 18.1 Å². The van der Waals surface area contributed by atoms with Crippen molar-refractivity contribution < 1.29 is 9.52 Å². The second-order valence-corrected chi connectivity index (χ2v) is 7.70. The Hall–Kier alpha value is -2.53. The van der Waals surface area contributed by atoms with Gasteiger partial charge in [0, 0.05) is 28.2 Å². The molecule has 0 saturated heterocycles. The minimum Gasteiger partial charge on any atom is -0.462 e. The van der Waals surface area contributed by atoms with Gasteiger partial charge in [0.25, 0.3) is 0 Å². The molecule has 0 amide bonds. The first-order valence-corrected chi connectivity index (χ1v) is 9.88. The highest BCUT2D eigenvalue weighted by Gasteiger charge is 2.32. The van der Waals surface area contributed by atoms with Crippen LogP contribution in [0.2, 0.25) is 5.02 Å². The van der Waals surface area contributed by atoms with Crippen LogP contribution in [0, 0.1) is 0 Å². The van der Waals surface area contributed by atoms with Gasteiger partial charge in [0.15, 0.2) is 0 Å². The quantitative estimate of drug-likeness (QED) is 0.510. The zero-order chi connectivity index (χ0) is 19.1. The smallest absolute Gasteiger partial charge is 0.129 e. The number of hydrogen-bond acceptors (Lipinski definition) is 3. The standard InChI is InChI=1S/C23H21ClN2O2/c24-16-5-3-4-15(12-16)23-22-20(19-6-1-2-7-21(19)25-22)10-11-26(23)13-17-8-9-18(14-27)28-17/h1-9,12,23,25,27H,10-11,13-14H2. The van der Waals surface area contributed by atoms with E-state index in [4.69, 9.17) is 16.0 Å². The summed E-state index contributed by atoms with van der Waals surface area (Å²) in [6.45, 7) is 1.51. The molecule has 5 heteroatoms. The summed E-state index contributed by atoms with van der Waals surface area (Å²) in [5.41, 5.74) is 4.94. The molecule has 2 aromatic carbocycles. The van der Waals surface area contributed by atoms with Crippen LogP contribution in [0.4, 0.5) is 0 Å². The largest absolute Gasteiger partial charge is 0.462 e. The van der Waals surface area contributed by atoms with Gasteiger partial charge in [0.2, 0.25) is 0 Å². The number of halogens is 1. The maximum atomic E-state index is 9.30. The van der Waals surface area contributed by atoms with Crippen LogP contribution in [0.1, 0.15) is 34.4 Å². The molecule has 1 aliphatic heterocycles. The molecular formula is C23H21ClN2O2. The molecule has 0 fully saturated rings. The number of hydrogen-bond donors (Lipinski definition) is 2. The molecule has 0 aliphatic carbocycles. The van der Waals surface area contributed by atoms with E-state index >= 15 is 0 Å². The predicted octanol–water partition coefficient (Wildman–Crippen LogP) is 5.05. The molecule has 1 aliphatic rings. The van der Waals surface area contributed by atoms with E-state index in [1.165, 1.54) is 22.2 Å². The number of H-pyrrole nitrogens is 1. The van der Waals surface area contributed by atoms with Crippen LogP contribution in [0.3, 0.4) is 0 Å². The highest BCUT2D eigenvalue weighted by atomic mass is 35.5. The number of nitrogens with zero attached hydrogens (tertiary/aromatic N) is 1. The lowest BCUT2D eigenvalue weighted by atomic mass is 9.92. The average Bonchev–Trinajstić information content (AvgIpc) is 3.31. The Bertz CT molecular complexity index is 1130. The third-order valence-electron chi connectivity index (χ3n) is 5.53. The van der Waals surface area contributed by atoms with Crippen molar-refractivity contribution >= 4 is 22.5 Å². The first-order valence-electron chi connectivity index (χ1n) is 9.50. The zero-order valence-corrected chi connectivity index (χ0v) is 16.1. The summed E-state index contributed by atoms with van der Waals surface area (Å²) in [7, 11) is 0. The van der Waals surface area contributed by atoms with Crippen molar-refractivity contribution in [3.8, 4) is 0 Å². The molecule has 2 aromatic heterocycles. The first-order chi connectivity index (χ1) is 13.7. The van der Waals surface area contributed by atoms with Gasteiger partial charge in [-0.1, -0.05) is 41.9 Å². The van der Waals surface area contributed by atoms with E-state index < -0.39 is 0 Å². The van der Waals surface area contributed by atoms with Gasteiger partial charge in [-0.3, -0.25) is 4.90 Å². The van der Waals surface area contributed by atoms with E-state index in [0.29, 0.717) is 12.3 Å². The summed E-state index contributed by atoms with van der Waals surface area (Å²) >= 11 is 6.32. The van der Waals surface area contributed by atoms with Gasteiger partial charge >= 0.3 is 0 Å². The van der Waals surface area contributed by atoms with E-state index in [2.05, 4.69) is 40.2 Å². The lowest BCUT2D eigenvalue weighted by Crippen LogP contribution is -2.35. The number of aromatic amines is 1. The summed E-state index contributed by atoms with van der Waals surface area (Å²) in [5.74, 6) is 1.45. The van der Waals surface area contributed by atoms with Crippen molar-refractivity contribution in [1.82, 2.24) is 9.88 Å². The maximum Gasteiger partial charge on any atom is 0.129 e. The lowest BCUT2D eigenvalue weighted by molar-refractivity contribution is 0.179. The van der Waals surface area contributed by atoms with Crippen LogP contribution >= 0.6 is 11.6 Å². The lowest BCUT2D eigenvalue weighted by Gasteiger charge is -2.35. The average molecular weight is 393 g/mol. The molecule has 0 radical (unpaired) electrons.